The number of ether oxygens (including phenoxy) is 2. The Morgan fingerprint density at radius 1 is 0.470 bits per heavy atom. The molecule has 0 aliphatic carbocycles. The van der Waals surface area contributed by atoms with E-state index in [0.717, 1.165) is 37.8 Å². The monoisotopic (exact) mass is 1390 g/mol. The maximum Gasteiger partial charge on any atom is 2.00 e. The van der Waals surface area contributed by atoms with Crippen LogP contribution in [0.15, 0.2) is 97.1 Å². The summed E-state index contributed by atoms with van der Waals surface area (Å²) in [6, 6.07) is 20.3. The minimum atomic E-state index is -4.48. The van der Waals surface area contributed by atoms with Crippen LogP contribution in [0.1, 0.15) is 49.7 Å². The molecule has 0 saturated heterocycles. The van der Waals surface area contributed by atoms with Crippen molar-refractivity contribution in [3.05, 3.63) is 192 Å². The first-order valence-corrected chi connectivity index (χ1v) is 18.6. The molecule has 0 atom stereocenters. The number of halogens is 14. The fourth-order valence-corrected chi connectivity index (χ4v) is 5.48. The Kier molecular flexibility index (Phi) is 23.1. The summed E-state index contributed by atoms with van der Waals surface area (Å²) in [5.74, 6) is -19.6. The number of rotatable bonds is 14. The molecule has 344 valence electrons. The molecule has 0 radical (unpaired) electrons. The molecule has 6 rings (SSSR count). The van der Waals surface area contributed by atoms with Crippen LogP contribution in [0.25, 0.3) is 22.3 Å². The molecule has 19 heteroatoms. The Hall–Kier alpha value is -4.29. The van der Waals surface area contributed by atoms with Crippen LogP contribution in [0, 0.1) is 146 Å². The summed E-state index contributed by atoms with van der Waals surface area (Å²) < 4.78 is 200. The van der Waals surface area contributed by atoms with E-state index in [4.69, 9.17) is 0 Å². The number of ketones is 1. The van der Waals surface area contributed by atoms with E-state index in [2.05, 4.69) is 35.5 Å². The standard InChI is InChI=1S/2C19H8F7O.C9H16O.2U/c2*20-14-8-11(9-15(21)18(14)24)27-19(25,26)13-7-6-12(16(22)17(13)23)10-4-2-1-3-5-10;1-3-5-7-9(10)8-6-4-2;;/h2*2-9H;1-8H2;;/q2*-1;-2;2*+2. The van der Waals surface area contributed by atoms with Gasteiger partial charge in [-0.3, -0.25) is 4.79 Å². The number of hydrogen-bond acceptors (Lipinski definition) is 3. The topological polar surface area (TPSA) is 35.5 Å². The minimum Gasteiger partial charge on any atom is -0.429 e. The zero-order valence-electron chi connectivity index (χ0n) is 33.9. The van der Waals surface area contributed by atoms with Gasteiger partial charge in [0.15, 0.2) is 58.2 Å². The average molecular weight is 1390 g/mol. The Labute approximate surface area is 417 Å². The number of unbranched alkanes of at least 4 members (excludes halogenated alkanes) is 2. The van der Waals surface area contributed by atoms with Crippen molar-refractivity contribution in [1.29, 1.82) is 0 Å². The molecule has 0 bridgehead atoms. The van der Waals surface area contributed by atoms with Gasteiger partial charge in [0.05, 0.1) is 0 Å². The van der Waals surface area contributed by atoms with E-state index in [-0.39, 0.29) is 109 Å². The van der Waals surface area contributed by atoms with Gasteiger partial charge in [-0.25, -0.2) is 43.9 Å². The van der Waals surface area contributed by atoms with E-state index >= 15 is 0 Å². The summed E-state index contributed by atoms with van der Waals surface area (Å²) in [4.78, 5) is 10.9. The normalized spacial score (nSPS) is 10.9. The molecular weight excluding hydrogens is 1350 g/mol. The average Bonchev–Trinajstić information content (AvgIpc) is 3.25. The van der Waals surface area contributed by atoms with E-state index in [1.54, 1.807) is 0 Å². The molecule has 0 aromatic heterocycles. The molecule has 3 nitrogen and oxygen atoms in total. The predicted molar refractivity (Wildman–Crippen MR) is 206 cm³/mol. The molecule has 0 unspecified atom stereocenters. The van der Waals surface area contributed by atoms with Crippen LogP contribution in [0.4, 0.5) is 61.5 Å². The number of alkyl halides is 4. The van der Waals surface area contributed by atoms with E-state index in [9.17, 15) is 66.3 Å². The van der Waals surface area contributed by atoms with Crippen molar-refractivity contribution in [2.45, 2.75) is 50.7 Å². The van der Waals surface area contributed by atoms with Crippen molar-refractivity contribution < 1.29 is 138 Å². The van der Waals surface area contributed by atoms with Gasteiger partial charge < -0.3 is 23.3 Å². The van der Waals surface area contributed by atoms with Crippen LogP contribution in [-0.2, 0) is 17.0 Å². The number of benzene rings is 6. The zero-order valence-corrected chi connectivity index (χ0v) is 42.2. The molecular formula is C47H32F14O3U2. The number of carbonyl (C=O) groups is 1. The van der Waals surface area contributed by atoms with Gasteiger partial charge in [0.2, 0.25) is 0 Å². The molecule has 0 N–H and O–H groups in total. The van der Waals surface area contributed by atoms with Crippen molar-refractivity contribution in [2.75, 3.05) is 0 Å². The van der Waals surface area contributed by atoms with E-state index in [0.29, 0.717) is 30.8 Å². The summed E-state index contributed by atoms with van der Waals surface area (Å²) >= 11 is 0. The maximum absolute atomic E-state index is 14.3. The molecule has 0 amide bonds. The Morgan fingerprint density at radius 2 is 0.773 bits per heavy atom. The molecule has 0 fully saturated rings. The van der Waals surface area contributed by atoms with Gasteiger partial charge in [0, 0.05) is 37.1 Å². The summed E-state index contributed by atoms with van der Waals surface area (Å²) in [7, 11) is 0. The van der Waals surface area contributed by atoms with Crippen LogP contribution in [-0.4, -0.2) is 5.78 Å². The van der Waals surface area contributed by atoms with Crippen molar-refractivity contribution in [2.24, 2.45) is 0 Å². The van der Waals surface area contributed by atoms with Gasteiger partial charge in [-0.05, 0) is 23.3 Å². The van der Waals surface area contributed by atoms with Crippen LogP contribution >= 0.6 is 0 Å². The van der Waals surface area contributed by atoms with Crippen molar-refractivity contribution in [3.8, 4) is 33.8 Å². The molecule has 66 heavy (non-hydrogen) atoms. The van der Waals surface area contributed by atoms with Gasteiger partial charge in [0.1, 0.15) is 28.4 Å². The molecule has 6 aromatic rings. The summed E-state index contributed by atoms with van der Waals surface area (Å²) in [6.45, 7) is 7.35. The van der Waals surface area contributed by atoms with Gasteiger partial charge in [0.25, 0.3) is 0 Å². The summed E-state index contributed by atoms with van der Waals surface area (Å²) in [6.07, 6.45) is -3.92. The van der Waals surface area contributed by atoms with Crippen LogP contribution in [0.5, 0.6) is 11.5 Å². The fraction of sp³-hybridized carbons (Fsp3) is 0.170. The van der Waals surface area contributed by atoms with E-state index in [1.807, 2.05) is 0 Å². The molecule has 0 heterocycles. The van der Waals surface area contributed by atoms with Gasteiger partial charge >= 0.3 is 74.4 Å². The van der Waals surface area contributed by atoms with Gasteiger partial charge in [-0.2, -0.15) is 91.1 Å². The number of hydrogen-bond donors (Lipinski definition) is 0. The largest absolute Gasteiger partial charge is 2.00 e. The van der Waals surface area contributed by atoms with Gasteiger partial charge in [-0.15, -0.1) is 11.1 Å². The maximum atomic E-state index is 14.3. The zero-order chi connectivity index (χ0) is 47.4. The third-order valence-corrected chi connectivity index (χ3v) is 8.67. The van der Waals surface area contributed by atoms with Crippen molar-refractivity contribution in [3.63, 3.8) is 0 Å². The predicted octanol–water partition coefficient (Wildman–Crippen LogP) is 14.5. The first kappa shape index (κ1) is 57.8. The quantitative estimate of drug-likeness (QED) is 0.0619. The number of carbonyl (C=O) groups excluding carboxylic acids is 1. The minimum absolute atomic E-state index is 0. The fourth-order valence-electron chi connectivity index (χ4n) is 5.48. The molecule has 0 aliphatic rings. The van der Waals surface area contributed by atoms with Crippen LogP contribution < -0.4 is 9.47 Å². The van der Waals surface area contributed by atoms with E-state index in [1.165, 1.54) is 48.5 Å². The van der Waals surface area contributed by atoms with Gasteiger partial charge in [-0.1, -0.05) is 25.0 Å². The second-order valence-electron chi connectivity index (χ2n) is 13.2. The smallest absolute Gasteiger partial charge is 0.429 e. The summed E-state index contributed by atoms with van der Waals surface area (Å²) in [5.41, 5.74) is -3.08. The second-order valence-corrected chi connectivity index (χ2v) is 13.2. The molecule has 0 aliphatic heterocycles. The Balaban J connectivity index is 0.000000368. The Morgan fingerprint density at radius 3 is 1.06 bits per heavy atom. The first-order valence-electron chi connectivity index (χ1n) is 18.6. The molecule has 0 saturated carbocycles. The van der Waals surface area contributed by atoms with Crippen LogP contribution in [0.2, 0.25) is 0 Å². The van der Waals surface area contributed by atoms with Crippen molar-refractivity contribution in [1.82, 2.24) is 0 Å². The molecule has 6 aromatic carbocycles. The Bertz CT molecular complexity index is 2310. The van der Waals surface area contributed by atoms with E-state index < -0.39 is 93.0 Å². The first-order chi connectivity index (χ1) is 30.2. The van der Waals surface area contributed by atoms with Crippen molar-refractivity contribution >= 4 is 5.78 Å². The molecule has 0 spiro atoms. The number of Topliss-reactive ketones (excluding diaryl/α,β-unsaturated/α-hetero) is 1. The third-order valence-electron chi connectivity index (χ3n) is 8.67. The van der Waals surface area contributed by atoms with Crippen LogP contribution in [0.3, 0.4) is 0 Å². The summed E-state index contributed by atoms with van der Waals surface area (Å²) in [5, 5.41) is 0. The second kappa shape index (κ2) is 26.3. The SMILES string of the molecule is Fc1cc(OC(F)(F)c2ccc(-c3cc[c-]cc3)c(F)c2F)cc(F)c1F.Fc1cc(OC(F)(F)c2ccc(-c3cc[c-]cc3)c(F)c2F)cc(F)c1F.[CH2-]CCCC(=O)CCC[CH2-].[U+2].[U+2]. The third kappa shape index (κ3) is 15.4.